The van der Waals surface area contributed by atoms with Crippen molar-refractivity contribution in [2.24, 2.45) is 5.41 Å². The van der Waals surface area contributed by atoms with Crippen LogP contribution in [0.1, 0.15) is 24.8 Å². The van der Waals surface area contributed by atoms with Crippen LogP contribution in [0.5, 0.6) is 11.5 Å². The Bertz CT molecular complexity index is 615. The maximum Gasteiger partial charge on any atom is 0.210 e. The zero-order valence-corrected chi connectivity index (χ0v) is 13.8. The lowest BCUT2D eigenvalue weighted by molar-refractivity contribution is -0.120. The highest BCUT2D eigenvalue weighted by atomic mass is 16.5. The van der Waals surface area contributed by atoms with E-state index in [1.807, 2.05) is 6.92 Å². The van der Waals surface area contributed by atoms with Crippen LogP contribution in [0.15, 0.2) is 12.1 Å². The molecule has 2 fully saturated rings. The lowest BCUT2D eigenvalue weighted by atomic mass is 10.0. The minimum atomic E-state index is -0.813. The molecule has 2 atom stereocenters. The van der Waals surface area contributed by atoms with Gasteiger partial charge in [0.2, 0.25) is 6.41 Å². The number of anilines is 1. The van der Waals surface area contributed by atoms with E-state index >= 15 is 0 Å². The van der Waals surface area contributed by atoms with Crippen molar-refractivity contribution >= 4 is 12.1 Å². The third-order valence-corrected chi connectivity index (χ3v) is 5.30. The Balaban J connectivity index is 1.83. The van der Waals surface area contributed by atoms with E-state index in [2.05, 4.69) is 0 Å². The summed E-state index contributed by atoms with van der Waals surface area (Å²) in [5, 5.41) is 20.8. The Labute approximate surface area is 136 Å². The van der Waals surface area contributed by atoms with Gasteiger partial charge >= 0.3 is 0 Å². The van der Waals surface area contributed by atoms with Crippen LogP contribution in [0.25, 0.3) is 0 Å². The van der Waals surface area contributed by atoms with E-state index in [0.717, 1.165) is 43.5 Å². The van der Waals surface area contributed by atoms with Gasteiger partial charge in [-0.25, -0.2) is 0 Å². The number of ether oxygens (including phenoxy) is 1. The number of likely N-dealkylation sites (N-methyl/N-ethyl adjacent to an activating group) is 1. The molecule has 1 saturated heterocycles. The van der Waals surface area contributed by atoms with E-state index in [1.54, 1.807) is 29.0 Å². The van der Waals surface area contributed by atoms with Crippen LogP contribution in [0.3, 0.4) is 0 Å². The van der Waals surface area contributed by atoms with Crippen LogP contribution in [-0.2, 0) is 4.79 Å². The van der Waals surface area contributed by atoms with Crippen molar-refractivity contribution in [3.8, 4) is 11.5 Å². The van der Waals surface area contributed by atoms with Gasteiger partial charge in [-0.2, -0.15) is 0 Å². The molecule has 1 aliphatic heterocycles. The molecule has 3 rings (SSSR count). The monoisotopic (exact) mass is 320 g/mol. The summed E-state index contributed by atoms with van der Waals surface area (Å²) in [5.41, 5.74) is 1.83. The van der Waals surface area contributed by atoms with Gasteiger partial charge in [0.05, 0.1) is 13.2 Å². The van der Waals surface area contributed by atoms with Crippen LogP contribution in [-0.4, -0.2) is 54.5 Å². The molecule has 1 aliphatic carbocycles. The molecule has 1 aromatic carbocycles. The summed E-state index contributed by atoms with van der Waals surface area (Å²) in [5.74, 6) is 0.436. The molecule has 0 radical (unpaired) electrons. The van der Waals surface area contributed by atoms with Gasteiger partial charge in [0.25, 0.3) is 0 Å². The molecule has 2 N–H and O–H groups in total. The zero-order valence-electron chi connectivity index (χ0n) is 13.8. The molecule has 23 heavy (non-hydrogen) atoms. The number of nitrogens with zero attached hydrogens (tertiary/aromatic N) is 2. The molecule has 1 heterocycles. The number of likely N-dealkylation sites (tertiary alicyclic amines) is 1. The van der Waals surface area contributed by atoms with E-state index in [4.69, 9.17) is 4.74 Å². The summed E-state index contributed by atoms with van der Waals surface area (Å²) < 4.78 is 5.11. The summed E-state index contributed by atoms with van der Waals surface area (Å²) in [6.07, 6.45) is 3.12. The quantitative estimate of drug-likeness (QED) is 0.635. The van der Waals surface area contributed by atoms with Gasteiger partial charge in [0.15, 0.2) is 11.5 Å². The molecule has 2 unspecified atom stereocenters. The van der Waals surface area contributed by atoms with E-state index in [9.17, 15) is 15.0 Å². The van der Waals surface area contributed by atoms with Crippen LogP contribution >= 0.6 is 0 Å². The molecule has 1 spiro atoms. The van der Waals surface area contributed by atoms with Crippen LogP contribution in [0.4, 0.5) is 5.69 Å². The third-order valence-electron chi connectivity index (χ3n) is 5.30. The fourth-order valence-corrected chi connectivity index (χ4v) is 3.66. The molecule has 6 heteroatoms. The molecule has 2 aliphatic rings. The lowest BCUT2D eigenvalue weighted by Crippen LogP contribution is -2.47. The fraction of sp³-hybridized carbons (Fsp3) is 0.588. The Hall–Kier alpha value is -1.95. The number of methoxy groups -OCH3 is 1. The van der Waals surface area contributed by atoms with Crippen molar-refractivity contribution in [3.05, 3.63) is 17.7 Å². The number of aryl methyl sites for hydroxylation is 1. The molecule has 0 aromatic heterocycles. The van der Waals surface area contributed by atoms with E-state index < -0.39 is 6.23 Å². The number of carbonyl (C=O) groups is 1. The van der Waals surface area contributed by atoms with Crippen molar-refractivity contribution in [2.45, 2.75) is 38.5 Å². The Morgan fingerprint density at radius 3 is 2.74 bits per heavy atom. The topological polar surface area (TPSA) is 73.2 Å². The first kappa shape index (κ1) is 15.9. The summed E-state index contributed by atoms with van der Waals surface area (Å²) in [6, 6.07) is 3.11. The number of rotatable bonds is 5. The number of phenols is 1. The Kier molecular flexibility index (Phi) is 3.88. The maximum atomic E-state index is 11.3. The molecule has 1 saturated carbocycles. The van der Waals surface area contributed by atoms with Gasteiger partial charge < -0.3 is 24.7 Å². The molecule has 1 amide bonds. The number of aromatic hydroxyl groups is 1. The largest absolute Gasteiger partial charge is 0.504 e. The molecule has 126 valence electrons. The van der Waals surface area contributed by atoms with Crippen molar-refractivity contribution < 1.29 is 19.7 Å². The number of aliphatic hydroxyl groups is 1. The molecule has 1 aromatic rings. The number of hydrogen-bond donors (Lipinski definition) is 2. The van der Waals surface area contributed by atoms with Crippen LogP contribution < -0.4 is 9.64 Å². The predicted molar refractivity (Wildman–Crippen MR) is 86.6 cm³/mol. The maximum absolute atomic E-state index is 11.3. The number of phenolic OH excluding ortho intramolecular Hbond substituents is 1. The summed E-state index contributed by atoms with van der Waals surface area (Å²) >= 11 is 0. The minimum Gasteiger partial charge on any atom is -0.504 e. The highest BCUT2D eigenvalue weighted by Crippen LogP contribution is 2.55. The van der Waals surface area contributed by atoms with Crippen LogP contribution in [0.2, 0.25) is 0 Å². The third kappa shape index (κ3) is 2.72. The van der Waals surface area contributed by atoms with Crippen molar-refractivity contribution in [3.63, 3.8) is 0 Å². The summed E-state index contributed by atoms with van der Waals surface area (Å²) in [4.78, 5) is 14.8. The predicted octanol–water partition coefficient (Wildman–Crippen LogP) is 1.47. The second-order valence-electron chi connectivity index (χ2n) is 6.88. The van der Waals surface area contributed by atoms with Crippen molar-refractivity contribution in [1.82, 2.24) is 4.90 Å². The first-order valence-corrected chi connectivity index (χ1v) is 7.90. The number of hydrogen-bond acceptors (Lipinski definition) is 5. The molecular formula is C17H24N2O4. The second-order valence-corrected chi connectivity index (χ2v) is 6.88. The van der Waals surface area contributed by atoms with E-state index in [1.165, 1.54) is 7.11 Å². The normalized spacial score (nSPS) is 23.0. The average Bonchev–Trinajstić information content (AvgIpc) is 3.19. The SMILES string of the molecule is COc1cc(C)c(N(C)C(O)C2CC3(CC3)CN2C=O)cc1O. The van der Waals surface area contributed by atoms with Crippen molar-refractivity contribution in [1.29, 1.82) is 0 Å². The Morgan fingerprint density at radius 2 is 2.17 bits per heavy atom. The first-order valence-electron chi connectivity index (χ1n) is 7.90. The molecule has 0 bridgehead atoms. The lowest BCUT2D eigenvalue weighted by Gasteiger charge is -2.34. The van der Waals surface area contributed by atoms with Gasteiger partial charge in [-0.05, 0) is 43.2 Å². The fourth-order valence-electron chi connectivity index (χ4n) is 3.66. The van der Waals surface area contributed by atoms with Gasteiger partial charge in [-0.1, -0.05) is 0 Å². The first-order chi connectivity index (χ1) is 10.9. The van der Waals surface area contributed by atoms with Crippen molar-refractivity contribution in [2.75, 3.05) is 25.6 Å². The molecule has 6 nitrogen and oxygen atoms in total. The smallest absolute Gasteiger partial charge is 0.210 e. The highest BCUT2D eigenvalue weighted by Gasteiger charge is 2.53. The Morgan fingerprint density at radius 1 is 1.48 bits per heavy atom. The van der Waals surface area contributed by atoms with Gasteiger partial charge in [-0.15, -0.1) is 0 Å². The summed E-state index contributed by atoms with van der Waals surface area (Å²) in [6.45, 7) is 2.63. The zero-order chi connectivity index (χ0) is 16.8. The average molecular weight is 320 g/mol. The second kappa shape index (κ2) is 5.60. The van der Waals surface area contributed by atoms with E-state index in [0.29, 0.717) is 5.75 Å². The number of aliphatic hydroxyl groups excluding tert-OH is 1. The van der Waals surface area contributed by atoms with Gasteiger partial charge in [0, 0.05) is 25.3 Å². The van der Waals surface area contributed by atoms with Gasteiger partial charge in [0.1, 0.15) is 6.23 Å². The van der Waals surface area contributed by atoms with Crippen LogP contribution in [0, 0.1) is 12.3 Å². The number of carbonyl (C=O) groups excluding carboxylic acids is 1. The number of benzene rings is 1. The van der Waals surface area contributed by atoms with E-state index in [-0.39, 0.29) is 17.2 Å². The highest BCUT2D eigenvalue weighted by molar-refractivity contribution is 5.61. The van der Waals surface area contributed by atoms with Gasteiger partial charge in [-0.3, -0.25) is 4.79 Å². The summed E-state index contributed by atoms with van der Waals surface area (Å²) in [7, 11) is 3.28. The minimum absolute atomic E-state index is 0.0319. The number of amides is 1. The molecular weight excluding hydrogens is 296 g/mol. The standard InChI is InChI=1S/C17H24N2O4/c1-11-6-15(23-3)14(21)7-12(11)18(2)16(22)13-8-17(4-5-17)9-19(13)10-20/h6-7,10,13,16,21-22H,4-5,8-9H2,1-3H3.